The molecule has 0 spiro atoms. The van der Waals surface area contributed by atoms with Crippen LogP contribution in [0.25, 0.3) is 5.57 Å². The predicted octanol–water partition coefficient (Wildman–Crippen LogP) is 5.06. The number of benzene rings is 3. The molecular weight excluding hydrogens is 428 g/mol. The lowest BCUT2D eigenvalue weighted by Crippen LogP contribution is -2.33. The van der Waals surface area contributed by atoms with Crippen LogP contribution in [0, 0.1) is 6.92 Å². The number of amides is 2. The Morgan fingerprint density at radius 1 is 0.844 bits per heavy atom. The van der Waals surface area contributed by atoms with E-state index in [1.807, 2.05) is 19.1 Å². The van der Waals surface area contributed by atoms with Crippen molar-refractivity contribution in [2.24, 2.45) is 0 Å². The van der Waals surface area contributed by atoms with Crippen LogP contribution in [-0.4, -0.2) is 26.0 Å². The topological polar surface area (TPSA) is 67.9 Å². The molecule has 6 nitrogen and oxygen atoms in total. The number of anilines is 2. The van der Waals surface area contributed by atoms with Gasteiger partial charge in [-0.25, -0.2) is 4.90 Å². The fourth-order valence-electron chi connectivity index (χ4n) is 3.69. The van der Waals surface area contributed by atoms with E-state index in [2.05, 4.69) is 5.32 Å². The van der Waals surface area contributed by atoms with Crippen LogP contribution in [0.2, 0.25) is 5.02 Å². The molecule has 0 bridgehead atoms. The van der Waals surface area contributed by atoms with Crippen LogP contribution in [0.5, 0.6) is 11.5 Å². The summed E-state index contributed by atoms with van der Waals surface area (Å²) in [7, 11) is 3.04. The molecule has 0 saturated heterocycles. The second-order valence-electron chi connectivity index (χ2n) is 7.15. The minimum Gasteiger partial charge on any atom is -0.496 e. The maximum atomic E-state index is 13.7. The summed E-state index contributed by atoms with van der Waals surface area (Å²) in [5.41, 5.74) is 2.61. The molecule has 0 fully saturated rings. The van der Waals surface area contributed by atoms with Crippen LogP contribution in [0.15, 0.2) is 72.4 Å². The molecule has 1 heterocycles. The Kier molecular flexibility index (Phi) is 5.88. The predicted molar refractivity (Wildman–Crippen MR) is 125 cm³/mol. The Hall–Kier alpha value is -3.77. The number of halogens is 1. The highest BCUT2D eigenvalue weighted by Gasteiger charge is 2.42. The number of carbonyl (C=O) groups excluding carboxylic acids is 2. The largest absolute Gasteiger partial charge is 0.496 e. The van der Waals surface area contributed by atoms with Gasteiger partial charge in [0.15, 0.2) is 0 Å². The molecule has 0 saturated carbocycles. The van der Waals surface area contributed by atoms with Crippen LogP contribution in [0.4, 0.5) is 11.4 Å². The third kappa shape index (κ3) is 3.69. The summed E-state index contributed by atoms with van der Waals surface area (Å²) in [4.78, 5) is 28.4. The van der Waals surface area contributed by atoms with Crippen LogP contribution >= 0.6 is 11.6 Å². The quantitative estimate of drug-likeness (QED) is 0.534. The van der Waals surface area contributed by atoms with Crippen molar-refractivity contribution >= 4 is 40.4 Å². The van der Waals surface area contributed by atoms with Gasteiger partial charge in [-0.2, -0.15) is 0 Å². The molecule has 0 aliphatic carbocycles. The van der Waals surface area contributed by atoms with Crippen LogP contribution in [0.3, 0.4) is 0 Å². The number of hydrogen-bond donors (Lipinski definition) is 1. The number of para-hydroxylation sites is 2. The Labute approximate surface area is 191 Å². The van der Waals surface area contributed by atoms with Crippen LogP contribution in [0.1, 0.15) is 11.1 Å². The van der Waals surface area contributed by atoms with Gasteiger partial charge < -0.3 is 14.8 Å². The van der Waals surface area contributed by atoms with E-state index in [9.17, 15) is 9.59 Å². The first-order valence-electron chi connectivity index (χ1n) is 9.89. The summed E-state index contributed by atoms with van der Waals surface area (Å²) in [6.45, 7) is 1.85. The molecule has 3 aromatic rings. The maximum Gasteiger partial charge on any atom is 0.282 e. The van der Waals surface area contributed by atoms with Crippen molar-refractivity contribution in [2.75, 3.05) is 24.4 Å². The summed E-state index contributed by atoms with van der Waals surface area (Å²) in [5.74, 6) is 0.0352. The van der Waals surface area contributed by atoms with Gasteiger partial charge in [0.25, 0.3) is 11.8 Å². The van der Waals surface area contributed by atoms with Crippen molar-refractivity contribution in [1.29, 1.82) is 0 Å². The average Bonchev–Trinajstić information content (AvgIpc) is 3.03. The van der Waals surface area contributed by atoms with Gasteiger partial charge in [-0.05, 0) is 42.8 Å². The number of aryl methyl sites for hydroxylation is 1. The third-order valence-corrected chi connectivity index (χ3v) is 5.47. The molecular formula is C25H21ClN2O4. The van der Waals surface area contributed by atoms with Gasteiger partial charge in [0.2, 0.25) is 0 Å². The summed E-state index contributed by atoms with van der Waals surface area (Å²) < 4.78 is 10.9. The molecule has 3 aromatic carbocycles. The van der Waals surface area contributed by atoms with E-state index in [4.69, 9.17) is 21.1 Å². The van der Waals surface area contributed by atoms with Gasteiger partial charge in [-0.3, -0.25) is 9.59 Å². The number of imide groups is 1. The first kappa shape index (κ1) is 21.5. The second kappa shape index (κ2) is 8.77. The highest BCUT2D eigenvalue weighted by molar-refractivity contribution is 6.46. The lowest BCUT2D eigenvalue weighted by atomic mass is 10.0. The molecule has 0 radical (unpaired) electrons. The van der Waals surface area contributed by atoms with E-state index in [1.54, 1.807) is 54.6 Å². The number of nitrogens with one attached hydrogen (secondary N) is 1. The monoisotopic (exact) mass is 448 g/mol. The lowest BCUT2D eigenvalue weighted by Gasteiger charge is -2.18. The molecule has 32 heavy (non-hydrogen) atoms. The molecule has 1 N–H and O–H groups in total. The van der Waals surface area contributed by atoms with Crippen molar-refractivity contribution in [3.05, 3.63) is 88.6 Å². The molecule has 0 atom stereocenters. The molecule has 162 valence electrons. The number of carbonyl (C=O) groups is 2. The van der Waals surface area contributed by atoms with Gasteiger partial charge in [0.1, 0.15) is 17.2 Å². The van der Waals surface area contributed by atoms with Gasteiger partial charge >= 0.3 is 0 Å². The average molecular weight is 449 g/mol. The third-order valence-electron chi connectivity index (χ3n) is 5.24. The van der Waals surface area contributed by atoms with Crippen LogP contribution in [-0.2, 0) is 9.59 Å². The van der Waals surface area contributed by atoms with E-state index in [1.165, 1.54) is 19.1 Å². The Morgan fingerprint density at radius 2 is 1.53 bits per heavy atom. The summed E-state index contributed by atoms with van der Waals surface area (Å²) >= 11 is 6.18. The molecule has 0 aromatic heterocycles. The SMILES string of the molecule is COc1ccc(Cl)cc1NC1=C(c2ccccc2OC)C(=O)N(c2ccccc2C)C1=O. The molecule has 0 unspecified atom stereocenters. The fraction of sp³-hybridized carbons (Fsp3) is 0.120. The summed E-state index contributed by atoms with van der Waals surface area (Å²) in [6, 6.07) is 19.3. The van der Waals surface area contributed by atoms with E-state index >= 15 is 0 Å². The Bertz CT molecular complexity index is 1250. The number of methoxy groups -OCH3 is 2. The highest BCUT2D eigenvalue weighted by Crippen LogP contribution is 2.39. The molecule has 1 aliphatic heterocycles. The minimum absolute atomic E-state index is 0.114. The van der Waals surface area contributed by atoms with Crippen molar-refractivity contribution < 1.29 is 19.1 Å². The molecule has 2 amide bonds. The Morgan fingerprint density at radius 3 is 2.25 bits per heavy atom. The van der Waals surface area contributed by atoms with E-state index in [-0.39, 0.29) is 11.3 Å². The molecule has 7 heteroatoms. The fourth-order valence-corrected chi connectivity index (χ4v) is 3.86. The smallest absolute Gasteiger partial charge is 0.282 e. The summed E-state index contributed by atoms with van der Waals surface area (Å²) in [5, 5.41) is 3.56. The second-order valence-corrected chi connectivity index (χ2v) is 7.59. The highest BCUT2D eigenvalue weighted by atomic mass is 35.5. The Balaban J connectivity index is 1.91. The van der Waals surface area contributed by atoms with Crippen molar-refractivity contribution in [3.63, 3.8) is 0 Å². The zero-order chi connectivity index (χ0) is 22.8. The summed E-state index contributed by atoms with van der Waals surface area (Å²) in [6.07, 6.45) is 0. The number of hydrogen-bond acceptors (Lipinski definition) is 5. The van der Waals surface area contributed by atoms with Crippen molar-refractivity contribution in [3.8, 4) is 11.5 Å². The zero-order valence-corrected chi connectivity index (χ0v) is 18.6. The maximum absolute atomic E-state index is 13.7. The normalized spacial score (nSPS) is 13.6. The lowest BCUT2D eigenvalue weighted by molar-refractivity contribution is -0.120. The zero-order valence-electron chi connectivity index (χ0n) is 17.8. The van der Waals surface area contributed by atoms with Gasteiger partial charge in [0, 0.05) is 10.6 Å². The number of nitrogens with zero attached hydrogens (tertiary/aromatic N) is 1. The van der Waals surface area contributed by atoms with E-state index in [0.29, 0.717) is 33.5 Å². The standard InChI is InChI=1S/C25H21ClN2O4/c1-15-8-4-6-10-19(15)28-24(29)22(17-9-5-7-11-20(17)31-2)23(25(28)30)27-18-14-16(26)12-13-21(18)32-3/h4-14,27H,1-3H3. The van der Waals surface area contributed by atoms with Crippen molar-refractivity contribution in [2.45, 2.75) is 6.92 Å². The van der Waals surface area contributed by atoms with Gasteiger partial charge in [0.05, 0.1) is 31.2 Å². The van der Waals surface area contributed by atoms with Crippen molar-refractivity contribution in [1.82, 2.24) is 0 Å². The molecule has 4 rings (SSSR count). The minimum atomic E-state index is -0.479. The first-order chi connectivity index (χ1) is 15.5. The molecule has 1 aliphatic rings. The number of ether oxygens (including phenoxy) is 2. The first-order valence-corrected chi connectivity index (χ1v) is 10.3. The van der Waals surface area contributed by atoms with Gasteiger partial charge in [-0.15, -0.1) is 0 Å². The van der Waals surface area contributed by atoms with Gasteiger partial charge in [-0.1, -0.05) is 48.0 Å². The number of rotatable bonds is 6. The van der Waals surface area contributed by atoms with E-state index in [0.717, 1.165) is 5.56 Å². The van der Waals surface area contributed by atoms with E-state index < -0.39 is 11.8 Å². The van der Waals surface area contributed by atoms with Crippen LogP contribution < -0.4 is 19.7 Å².